The van der Waals surface area contributed by atoms with Crippen molar-refractivity contribution >= 4 is 0 Å². The van der Waals surface area contributed by atoms with Crippen molar-refractivity contribution in [2.24, 2.45) is 11.3 Å². The van der Waals surface area contributed by atoms with Gasteiger partial charge >= 0.3 is 0 Å². The normalized spacial score (nSPS) is 34.4. The molecule has 2 heterocycles. The summed E-state index contributed by atoms with van der Waals surface area (Å²) in [5.41, 5.74) is 0.463. The molecule has 2 aliphatic rings. The van der Waals surface area contributed by atoms with E-state index in [0.717, 1.165) is 19.0 Å². The highest BCUT2D eigenvalue weighted by atomic mass is 16.5. The van der Waals surface area contributed by atoms with Crippen LogP contribution in [0.1, 0.15) is 20.8 Å². The van der Waals surface area contributed by atoms with E-state index in [-0.39, 0.29) is 0 Å². The molecular formula is C12H24N2O. The molecule has 0 aromatic rings. The molecule has 2 saturated heterocycles. The third-order valence-electron chi connectivity index (χ3n) is 4.03. The van der Waals surface area contributed by atoms with Gasteiger partial charge in [-0.25, -0.2) is 0 Å². The molecular weight excluding hydrogens is 188 g/mol. The Morgan fingerprint density at radius 1 is 1.20 bits per heavy atom. The van der Waals surface area contributed by atoms with E-state index in [4.69, 9.17) is 4.74 Å². The zero-order chi connectivity index (χ0) is 11.1. The fourth-order valence-corrected chi connectivity index (χ4v) is 2.58. The molecule has 0 aliphatic carbocycles. The molecule has 2 rings (SSSR count). The molecule has 1 unspecified atom stereocenters. The van der Waals surface area contributed by atoms with Gasteiger partial charge in [0.05, 0.1) is 6.10 Å². The minimum atomic E-state index is 0.394. The van der Waals surface area contributed by atoms with E-state index in [1.807, 2.05) is 7.11 Å². The summed E-state index contributed by atoms with van der Waals surface area (Å²) in [7, 11) is 1.83. The highest BCUT2D eigenvalue weighted by molar-refractivity contribution is 4.97. The summed E-state index contributed by atoms with van der Waals surface area (Å²) in [6, 6.07) is 0.605. The summed E-state index contributed by atoms with van der Waals surface area (Å²) < 4.78 is 5.50. The lowest BCUT2D eigenvalue weighted by Crippen LogP contribution is -2.59. The first kappa shape index (κ1) is 11.4. The van der Waals surface area contributed by atoms with Crippen LogP contribution in [0.3, 0.4) is 0 Å². The van der Waals surface area contributed by atoms with E-state index in [9.17, 15) is 0 Å². The van der Waals surface area contributed by atoms with Gasteiger partial charge in [-0.15, -0.1) is 0 Å². The monoisotopic (exact) mass is 212 g/mol. The van der Waals surface area contributed by atoms with Crippen LogP contribution in [0, 0.1) is 11.3 Å². The molecule has 0 spiro atoms. The molecule has 1 N–H and O–H groups in total. The molecule has 15 heavy (non-hydrogen) atoms. The zero-order valence-corrected chi connectivity index (χ0v) is 10.4. The Morgan fingerprint density at radius 2 is 1.87 bits per heavy atom. The van der Waals surface area contributed by atoms with E-state index in [2.05, 4.69) is 31.0 Å². The third-order valence-corrected chi connectivity index (χ3v) is 4.03. The highest BCUT2D eigenvalue weighted by Gasteiger charge is 2.42. The second-order valence-corrected chi connectivity index (χ2v) is 6.02. The molecule has 88 valence electrons. The van der Waals surface area contributed by atoms with E-state index < -0.39 is 0 Å². The van der Waals surface area contributed by atoms with Crippen molar-refractivity contribution in [1.29, 1.82) is 0 Å². The van der Waals surface area contributed by atoms with Crippen LogP contribution in [0.4, 0.5) is 0 Å². The predicted octanol–water partition coefficient (Wildman–Crippen LogP) is 0.951. The fourth-order valence-electron chi connectivity index (χ4n) is 2.58. The Hall–Kier alpha value is -0.120. The van der Waals surface area contributed by atoms with Crippen LogP contribution in [0.2, 0.25) is 0 Å². The van der Waals surface area contributed by atoms with Crippen molar-refractivity contribution in [3.63, 3.8) is 0 Å². The van der Waals surface area contributed by atoms with Gasteiger partial charge in [0.15, 0.2) is 0 Å². The first-order chi connectivity index (χ1) is 7.02. The summed E-state index contributed by atoms with van der Waals surface area (Å²) in [6.45, 7) is 11.6. The maximum Gasteiger partial charge on any atom is 0.0862 e. The van der Waals surface area contributed by atoms with Crippen LogP contribution >= 0.6 is 0 Å². The van der Waals surface area contributed by atoms with Gasteiger partial charge in [-0.05, 0) is 11.3 Å². The Morgan fingerprint density at radius 3 is 2.40 bits per heavy atom. The highest BCUT2D eigenvalue weighted by Crippen LogP contribution is 2.35. The molecule has 2 atom stereocenters. The Balaban J connectivity index is 1.84. The molecule has 0 amide bonds. The summed E-state index contributed by atoms with van der Waals surface area (Å²) in [6.07, 6.45) is 0.394. The topological polar surface area (TPSA) is 24.5 Å². The van der Waals surface area contributed by atoms with E-state index in [1.165, 1.54) is 13.1 Å². The first-order valence-corrected chi connectivity index (χ1v) is 6.00. The lowest BCUT2D eigenvalue weighted by molar-refractivity contribution is -0.0435. The number of hydrogen-bond acceptors (Lipinski definition) is 3. The van der Waals surface area contributed by atoms with Gasteiger partial charge in [-0.3, -0.25) is 4.90 Å². The van der Waals surface area contributed by atoms with E-state index in [1.54, 1.807) is 0 Å². The van der Waals surface area contributed by atoms with Gasteiger partial charge < -0.3 is 10.1 Å². The second kappa shape index (κ2) is 4.04. The Kier molecular flexibility index (Phi) is 3.06. The van der Waals surface area contributed by atoms with E-state index >= 15 is 0 Å². The standard InChI is InChI=1S/C12H24N2O/c1-12(2,3)9-7-14(8-9)10-5-13-6-11(10)15-4/h9-11,13H,5-8H2,1-4H3/t10?,11-/m0/s1. The quantitative estimate of drug-likeness (QED) is 0.737. The number of likely N-dealkylation sites (tertiary alicyclic amines) is 1. The minimum Gasteiger partial charge on any atom is -0.378 e. The van der Waals surface area contributed by atoms with Crippen molar-refractivity contribution in [3.05, 3.63) is 0 Å². The van der Waals surface area contributed by atoms with Crippen molar-refractivity contribution in [1.82, 2.24) is 10.2 Å². The summed E-state index contributed by atoms with van der Waals surface area (Å²) in [5.74, 6) is 0.857. The van der Waals surface area contributed by atoms with Crippen LogP contribution in [0.15, 0.2) is 0 Å². The average molecular weight is 212 g/mol. The van der Waals surface area contributed by atoms with Crippen molar-refractivity contribution < 1.29 is 4.74 Å². The molecule has 0 saturated carbocycles. The minimum absolute atomic E-state index is 0.394. The van der Waals surface area contributed by atoms with E-state index in [0.29, 0.717) is 17.6 Å². The SMILES string of the molecule is CO[C@H]1CNCC1N1CC(C(C)(C)C)C1. The molecule has 3 nitrogen and oxygen atoms in total. The van der Waals surface area contributed by atoms with Gasteiger partial charge in [0, 0.05) is 39.3 Å². The predicted molar refractivity (Wildman–Crippen MR) is 62.0 cm³/mol. The molecule has 0 radical (unpaired) electrons. The van der Waals surface area contributed by atoms with Crippen molar-refractivity contribution in [3.8, 4) is 0 Å². The summed E-state index contributed by atoms with van der Waals surface area (Å²) in [5, 5.41) is 3.41. The number of methoxy groups -OCH3 is 1. The average Bonchev–Trinajstić information content (AvgIpc) is 2.46. The van der Waals surface area contributed by atoms with Gasteiger partial charge in [0.1, 0.15) is 0 Å². The molecule has 0 aromatic heterocycles. The van der Waals surface area contributed by atoms with Gasteiger partial charge in [0.2, 0.25) is 0 Å². The Labute approximate surface area is 93.2 Å². The van der Waals surface area contributed by atoms with Crippen molar-refractivity contribution in [2.45, 2.75) is 32.9 Å². The van der Waals surface area contributed by atoms with Crippen molar-refractivity contribution in [2.75, 3.05) is 33.3 Å². The number of nitrogens with one attached hydrogen (secondary N) is 1. The molecule has 2 fully saturated rings. The van der Waals surface area contributed by atoms with Gasteiger partial charge in [-0.1, -0.05) is 20.8 Å². The van der Waals surface area contributed by atoms with Gasteiger partial charge in [0.25, 0.3) is 0 Å². The molecule has 3 heteroatoms. The smallest absolute Gasteiger partial charge is 0.0862 e. The molecule has 0 aromatic carbocycles. The zero-order valence-electron chi connectivity index (χ0n) is 10.4. The number of nitrogens with zero attached hydrogens (tertiary/aromatic N) is 1. The fraction of sp³-hybridized carbons (Fsp3) is 1.00. The number of hydrogen-bond donors (Lipinski definition) is 1. The number of ether oxygens (including phenoxy) is 1. The number of rotatable bonds is 2. The van der Waals surface area contributed by atoms with Crippen LogP contribution in [-0.2, 0) is 4.74 Å². The van der Waals surface area contributed by atoms with Crippen LogP contribution in [0.25, 0.3) is 0 Å². The largest absolute Gasteiger partial charge is 0.378 e. The Bertz CT molecular complexity index is 218. The molecule has 2 aliphatic heterocycles. The summed E-state index contributed by atoms with van der Waals surface area (Å²) in [4.78, 5) is 2.57. The van der Waals surface area contributed by atoms with Crippen LogP contribution in [0.5, 0.6) is 0 Å². The maximum atomic E-state index is 5.50. The van der Waals surface area contributed by atoms with Gasteiger partial charge in [-0.2, -0.15) is 0 Å². The lowest BCUT2D eigenvalue weighted by atomic mass is 9.75. The van der Waals surface area contributed by atoms with Crippen LogP contribution < -0.4 is 5.32 Å². The second-order valence-electron chi connectivity index (χ2n) is 6.02. The molecule has 0 bridgehead atoms. The van der Waals surface area contributed by atoms with Crippen LogP contribution in [-0.4, -0.2) is 50.3 Å². The lowest BCUT2D eigenvalue weighted by Gasteiger charge is -2.49. The third kappa shape index (κ3) is 2.19. The maximum absolute atomic E-state index is 5.50. The first-order valence-electron chi connectivity index (χ1n) is 6.00. The summed E-state index contributed by atoms with van der Waals surface area (Å²) >= 11 is 0.